The molecule has 0 atom stereocenters. The summed E-state index contributed by atoms with van der Waals surface area (Å²) in [5.74, 6) is 0.756. The number of nitrogens with zero attached hydrogens (tertiary/aromatic N) is 3. The van der Waals surface area contributed by atoms with Crippen LogP contribution in [-0.4, -0.2) is 21.1 Å². The van der Waals surface area contributed by atoms with Crippen LogP contribution < -0.4 is 5.73 Å². The molecule has 0 saturated heterocycles. The van der Waals surface area contributed by atoms with E-state index in [2.05, 4.69) is 16.2 Å². The maximum Gasteiger partial charge on any atom is 0.153 e. The number of hydrogen-bond donors (Lipinski definition) is 1. The molecule has 0 bridgehead atoms. The van der Waals surface area contributed by atoms with Gasteiger partial charge in [-0.05, 0) is 30.7 Å². The number of fused-ring (bicyclic) bond motifs is 1. The van der Waals surface area contributed by atoms with Gasteiger partial charge in [0.05, 0.1) is 11.6 Å². The van der Waals surface area contributed by atoms with Crippen LogP contribution in [0.4, 0.5) is 0 Å². The maximum atomic E-state index is 5.66. The van der Waals surface area contributed by atoms with Crippen molar-refractivity contribution in [2.75, 3.05) is 6.54 Å². The molecule has 3 heterocycles. The first-order valence-corrected chi connectivity index (χ1v) is 5.84. The predicted molar refractivity (Wildman–Crippen MR) is 69.0 cm³/mol. The number of furan rings is 1. The quantitative estimate of drug-likeness (QED) is 0.759. The Hall–Kier alpha value is -2.14. The topological polar surface area (TPSA) is 69.9 Å². The lowest BCUT2D eigenvalue weighted by atomic mass is 10.1. The molecule has 0 saturated carbocycles. The molecule has 0 aromatic carbocycles. The molecule has 0 amide bonds. The zero-order chi connectivity index (χ0) is 12.5. The molecular weight excluding hydrogens is 228 g/mol. The van der Waals surface area contributed by atoms with Crippen LogP contribution in [0.5, 0.6) is 0 Å². The van der Waals surface area contributed by atoms with E-state index in [1.54, 1.807) is 12.6 Å². The van der Waals surface area contributed by atoms with Crippen molar-refractivity contribution in [3.8, 4) is 11.5 Å². The highest BCUT2D eigenvalue weighted by Crippen LogP contribution is 2.29. The van der Waals surface area contributed by atoms with Crippen LogP contribution in [0.1, 0.15) is 5.56 Å². The summed E-state index contributed by atoms with van der Waals surface area (Å²) in [6.45, 7) is 0.603. The summed E-state index contributed by atoms with van der Waals surface area (Å²) in [6.07, 6.45) is 6.07. The van der Waals surface area contributed by atoms with E-state index < -0.39 is 0 Å². The molecule has 0 radical (unpaired) electrons. The van der Waals surface area contributed by atoms with Gasteiger partial charge in [-0.3, -0.25) is 0 Å². The monoisotopic (exact) mass is 242 g/mol. The van der Waals surface area contributed by atoms with Crippen molar-refractivity contribution in [1.29, 1.82) is 0 Å². The van der Waals surface area contributed by atoms with Gasteiger partial charge in [0, 0.05) is 13.2 Å². The summed E-state index contributed by atoms with van der Waals surface area (Å²) in [5.41, 5.74) is 8.54. The van der Waals surface area contributed by atoms with Crippen LogP contribution in [0.25, 0.3) is 22.5 Å². The van der Waals surface area contributed by atoms with E-state index in [0.717, 1.165) is 34.5 Å². The molecular formula is C13H14N4O. The summed E-state index contributed by atoms with van der Waals surface area (Å²) in [4.78, 5) is 8.67. The van der Waals surface area contributed by atoms with E-state index in [1.807, 2.05) is 23.7 Å². The van der Waals surface area contributed by atoms with E-state index in [9.17, 15) is 0 Å². The van der Waals surface area contributed by atoms with Crippen molar-refractivity contribution in [1.82, 2.24) is 14.5 Å². The molecule has 18 heavy (non-hydrogen) atoms. The Morgan fingerprint density at radius 2 is 2.28 bits per heavy atom. The molecule has 2 N–H and O–H groups in total. The standard InChI is InChI=1S/C13H14N4O/c1-17-7-9(4-5-14)11-12(10-3-2-6-18-10)15-8-16-13(11)17/h2-3,6-8H,4-5,14H2,1H3. The minimum absolute atomic E-state index is 0.603. The Bertz CT molecular complexity index is 670. The third-order valence-electron chi connectivity index (χ3n) is 3.00. The number of rotatable bonds is 3. The SMILES string of the molecule is Cn1cc(CCN)c2c(-c3ccco3)ncnc21. The fourth-order valence-corrected chi connectivity index (χ4v) is 2.24. The normalized spacial score (nSPS) is 11.2. The third kappa shape index (κ3) is 1.60. The first-order chi connectivity index (χ1) is 8.81. The largest absolute Gasteiger partial charge is 0.463 e. The second-order valence-electron chi connectivity index (χ2n) is 4.20. The van der Waals surface area contributed by atoms with E-state index in [1.165, 1.54) is 0 Å². The first-order valence-electron chi connectivity index (χ1n) is 5.84. The van der Waals surface area contributed by atoms with Crippen LogP contribution in [0.3, 0.4) is 0 Å². The highest BCUT2D eigenvalue weighted by Gasteiger charge is 2.15. The Morgan fingerprint density at radius 3 is 3.00 bits per heavy atom. The second-order valence-corrected chi connectivity index (χ2v) is 4.20. The Morgan fingerprint density at radius 1 is 1.39 bits per heavy atom. The lowest BCUT2D eigenvalue weighted by molar-refractivity contribution is 0.580. The van der Waals surface area contributed by atoms with Gasteiger partial charge in [-0.1, -0.05) is 0 Å². The van der Waals surface area contributed by atoms with Crippen LogP contribution in [0.15, 0.2) is 35.3 Å². The van der Waals surface area contributed by atoms with Crippen LogP contribution in [-0.2, 0) is 13.5 Å². The highest BCUT2D eigenvalue weighted by molar-refractivity contribution is 5.92. The molecule has 3 aromatic heterocycles. The molecule has 0 unspecified atom stereocenters. The molecule has 0 aliphatic carbocycles. The zero-order valence-corrected chi connectivity index (χ0v) is 10.1. The number of aromatic nitrogens is 3. The summed E-state index contributed by atoms with van der Waals surface area (Å²) < 4.78 is 7.43. The van der Waals surface area contributed by atoms with Crippen LogP contribution in [0.2, 0.25) is 0 Å². The van der Waals surface area contributed by atoms with Gasteiger partial charge in [0.2, 0.25) is 0 Å². The Labute approximate surface area is 104 Å². The molecule has 5 heteroatoms. The Balaban J connectivity index is 2.31. The molecule has 3 aromatic rings. The predicted octanol–water partition coefficient (Wildman–Crippen LogP) is 1.73. The minimum Gasteiger partial charge on any atom is -0.463 e. The van der Waals surface area contributed by atoms with Gasteiger partial charge < -0.3 is 14.7 Å². The molecule has 0 fully saturated rings. The van der Waals surface area contributed by atoms with Crippen LogP contribution in [0, 0.1) is 0 Å². The molecule has 0 spiro atoms. The second kappa shape index (κ2) is 4.27. The van der Waals surface area contributed by atoms with Gasteiger partial charge in [-0.2, -0.15) is 0 Å². The number of nitrogens with two attached hydrogens (primary N) is 1. The summed E-state index contributed by atoms with van der Waals surface area (Å²) in [6, 6.07) is 3.76. The lowest BCUT2D eigenvalue weighted by Gasteiger charge is -2.01. The van der Waals surface area contributed by atoms with Gasteiger partial charge in [-0.15, -0.1) is 0 Å². The highest BCUT2D eigenvalue weighted by atomic mass is 16.3. The number of aryl methyl sites for hydroxylation is 1. The third-order valence-corrected chi connectivity index (χ3v) is 3.00. The van der Waals surface area contributed by atoms with Crippen molar-refractivity contribution in [2.45, 2.75) is 6.42 Å². The number of hydrogen-bond acceptors (Lipinski definition) is 4. The summed E-state index contributed by atoms with van der Waals surface area (Å²) in [7, 11) is 1.97. The molecule has 92 valence electrons. The Kier molecular flexibility index (Phi) is 2.60. The molecule has 5 nitrogen and oxygen atoms in total. The van der Waals surface area contributed by atoms with Gasteiger partial charge in [0.15, 0.2) is 5.76 Å². The van der Waals surface area contributed by atoms with Crippen molar-refractivity contribution < 1.29 is 4.42 Å². The van der Waals surface area contributed by atoms with E-state index in [0.29, 0.717) is 6.54 Å². The first kappa shape index (κ1) is 11.0. The van der Waals surface area contributed by atoms with Crippen LogP contribution >= 0.6 is 0 Å². The maximum absolute atomic E-state index is 5.66. The summed E-state index contributed by atoms with van der Waals surface area (Å²) >= 11 is 0. The van der Waals surface area contributed by atoms with Crippen molar-refractivity contribution in [2.24, 2.45) is 12.8 Å². The average Bonchev–Trinajstić information content (AvgIpc) is 2.99. The van der Waals surface area contributed by atoms with Crippen molar-refractivity contribution in [3.63, 3.8) is 0 Å². The van der Waals surface area contributed by atoms with E-state index >= 15 is 0 Å². The van der Waals surface area contributed by atoms with Gasteiger partial charge in [-0.25, -0.2) is 9.97 Å². The molecule has 3 rings (SSSR count). The smallest absolute Gasteiger partial charge is 0.153 e. The fourth-order valence-electron chi connectivity index (χ4n) is 2.24. The van der Waals surface area contributed by atoms with Crippen molar-refractivity contribution in [3.05, 3.63) is 36.5 Å². The lowest BCUT2D eigenvalue weighted by Crippen LogP contribution is -2.02. The molecule has 0 aliphatic heterocycles. The minimum atomic E-state index is 0.603. The summed E-state index contributed by atoms with van der Waals surface area (Å²) in [5, 5.41) is 1.03. The average molecular weight is 242 g/mol. The van der Waals surface area contributed by atoms with Crippen molar-refractivity contribution >= 4 is 11.0 Å². The van der Waals surface area contributed by atoms with E-state index in [-0.39, 0.29) is 0 Å². The fraction of sp³-hybridized carbons (Fsp3) is 0.231. The molecule has 0 aliphatic rings. The van der Waals surface area contributed by atoms with Gasteiger partial charge in [0.1, 0.15) is 17.7 Å². The van der Waals surface area contributed by atoms with Gasteiger partial charge >= 0.3 is 0 Å². The van der Waals surface area contributed by atoms with E-state index in [4.69, 9.17) is 10.2 Å². The zero-order valence-electron chi connectivity index (χ0n) is 10.1. The van der Waals surface area contributed by atoms with Gasteiger partial charge in [0.25, 0.3) is 0 Å².